The van der Waals surface area contributed by atoms with Gasteiger partial charge in [-0.3, -0.25) is 0 Å². The standard InChI is InChI=1S/C8H19NO2S.H2/c1-4-5-6-8(2)7-9-12(3,10)11;/h8-9H,4-7H2,1-3H3;1H/t8-;/m1./s1. The van der Waals surface area contributed by atoms with Gasteiger partial charge in [0.15, 0.2) is 0 Å². The Bertz CT molecular complexity index is 204. The van der Waals surface area contributed by atoms with Gasteiger partial charge in [-0.2, -0.15) is 0 Å². The smallest absolute Gasteiger partial charge is 0.208 e. The van der Waals surface area contributed by atoms with Gasteiger partial charge in [0.2, 0.25) is 10.0 Å². The van der Waals surface area contributed by atoms with E-state index in [-0.39, 0.29) is 1.43 Å². The Morgan fingerprint density at radius 3 is 2.50 bits per heavy atom. The van der Waals surface area contributed by atoms with Crippen LogP contribution < -0.4 is 4.72 Å². The maximum Gasteiger partial charge on any atom is 0.208 e. The summed E-state index contributed by atoms with van der Waals surface area (Å²) in [6, 6.07) is 0. The fraction of sp³-hybridized carbons (Fsp3) is 1.00. The number of rotatable bonds is 6. The minimum atomic E-state index is -2.99. The van der Waals surface area contributed by atoms with Crippen LogP contribution in [0.1, 0.15) is 34.5 Å². The zero-order valence-corrected chi connectivity index (χ0v) is 8.95. The van der Waals surface area contributed by atoms with Crippen molar-refractivity contribution in [1.29, 1.82) is 0 Å². The van der Waals surface area contributed by atoms with E-state index in [1.807, 2.05) is 0 Å². The first-order valence-electron chi connectivity index (χ1n) is 4.40. The molecule has 0 amide bonds. The first-order chi connectivity index (χ1) is 5.45. The van der Waals surface area contributed by atoms with E-state index in [4.69, 9.17) is 0 Å². The first kappa shape index (κ1) is 11.9. The summed E-state index contributed by atoms with van der Waals surface area (Å²) in [6.07, 6.45) is 4.63. The monoisotopic (exact) mass is 195 g/mol. The van der Waals surface area contributed by atoms with Gasteiger partial charge >= 0.3 is 0 Å². The van der Waals surface area contributed by atoms with Crippen molar-refractivity contribution in [2.45, 2.75) is 33.1 Å². The Morgan fingerprint density at radius 2 is 2.08 bits per heavy atom. The average molecular weight is 195 g/mol. The molecule has 0 spiro atoms. The number of sulfonamides is 1. The molecule has 0 heterocycles. The summed E-state index contributed by atoms with van der Waals surface area (Å²) in [6.45, 7) is 4.77. The largest absolute Gasteiger partial charge is 0.215 e. The molecule has 0 unspecified atom stereocenters. The van der Waals surface area contributed by atoms with Gasteiger partial charge < -0.3 is 0 Å². The van der Waals surface area contributed by atoms with Crippen LogP contribution >= 0.6 is 0 Å². The molecule has 1 N–H and O–H groups in total. The Morgan fingerprint density at radius 1 is 1.50 bits per heavy atom. The van der Waals surface area contributed by atoms with Gasteiger partial charge in [0.25, 0.3) is 0 Å². The minimum absolute atomic E-state index is 0. The lowest BCUT2D eigenvalue weighted by Crippen LogP contribution is -2.27. The highest BCUT2D eigenvalue weighted by Crippen LogP contribution is 2.05. The quantitative estimate of drug-likeness (QED) is 0.700. The molecule has 0 aliphatic heterocycles. The molecule has 76 valence electrons. The second-order valence-electron chi connectivity index (χ2n) is 3.37. The van der Waals surface area contributed by atoms with Crippen LogP contribution in [0.4, 0.5) is 0 Å². The van der Waals surface area contributed by atoms with Crippen LogP contribution in [0.2, 0.25) is 0 Å². The molecule has 0 saturated heterocycles. The van der Waals surface area contributed by atoms with Crippen molar-refractivity contribution in [3.05, 3.63) is 0 Å². The zero-order chi connectivity index (χ0) is 9.61. The molecule has 0 aromatic rings. The first-order valence-corrected chi connectivity index (χ1v) is 6.29. The van der Waals surface area contributed by atoms with Crippen LogP contribution in [0, 0.1) is 5.92 Å². The number of unbranched alkanes of at least 4 members (excludes halogenated alkanes) is 1. The minimum Gasteiger partial charge on any atom is -0.215 e. The second kappa shape index (κ2) is 5.54. The van der Waals surface area contributed by atoms with Crippen molar-refractivity contribution in [3.63, 3.8) is 0 Å². The van der Waals surface area contributed by atoms with E-state index in [2.05, 4.69) is 18.6 Å². The molecule has 4 heteroatoms. The van der Waals surface area contributed by atoms with Crippen LogP contribution in [0.3, 0.4) is 0 Å². The normalized spacial score (nSPS) is 14.6. The van der Waals surface area contributed by atoms with E-state index in [1.54, 1.807) is 0 Å². The Balaban J connectivity index is 0. The van der Waals surface area contributed by atoms with E-state index in [9.17, 15) is 8.42 Å². The second-order valence-corrected chi connectivity index (χ2v) is 5.20. The highest BCUT2D eigenvalue weighted by Gasteiger charge is 2.04. The van der Waals surface area contributed by atoms with Gasteiger partial charge in [0.05, 0.1) is 6.26 Å². The van der Waals surface area contributed by atoms with Crippen LogP contribution in [0.25, 0.3) is 0 Å². The van der Waals surface area contributed by atoms with E-state index in [1.165, 1.54) is 19.1 Å². The van der Waals surface area contributed by atoms with E-state index >= 15 is 0 Å². The molecule has 0 fully saturated rings. The lowest BCUT2D eigenvalue weighted by atomic mass is 10.1. The van der Waals surface area contributed by atoms with Crippen LogP contribution in [0.5, 0.6) is 0 Å². The van der Waals surface area contributed by atoms with E-state index in [0.717, 1.165) is 6.42 Å². The number of hydrogen-bond donors (Lipinski definition) is 1. The highest BCUT2D eigenvalue weighted by atomic mass is 32.2. The van der Waals surface area contributed by atoms with Crippen molar-refractivity contribution in [3.8, 4) is 0 Å². The summed E-state index contributed by atoms with van der Waals surface area (Å²) in [5, 5.41) is 0. The maximum atomic E-state index is 10.7. The molecular weight excluding hydrogens is 174 g/mol. The molecule has 0 bridgehead atoms. The third-order valence-corrected chi connectivity index (χ3v) is 2.44. The average Bonchev–Trinajstić information content (AvgIpc) is 1.95. The summed E-state index contributed by atoms with van der Waals surface area (Å²) in [4.78, 5) is 0. The molecule has 0 aromatic heterocycles. The van der Waals surface area contributed by atoms with Gasteiger partial charge in [0, 0.05) is 7.97 Å². The molecule has 3 nitrogen and oxygen atoms in total. The molecule has 0 rings (SSSR count). The molecule has 0 saturated carbocycles. The van der Waals surface area contributed by atoms with Crippen LogP contribution in [-0.4, -0.2) is 21.2 Å². The molecule has 0 radical (unpaired) electrons. The summed E-state index contributed by atoms with van der Waals surface area (Å²) < 4.78 is 23.9. The zero-order valence-electron chi connectivity index (χ0n) is 8.13. The van der Waals surface area contributed by atoms with E-state index in [0.29, 0.717) is 12.5 Å². The lowest BCUT2D eigenvalue weighted by Gasteiger charge is -2.10. The number of hydrogen-bond acceptors (Lipinski definition) is 2. The van der Waals surface area contributed by atoms with Crippen molar-refractivity contribution in [1.82, 2.24) is 4.72 Å². The summed E-state index contributed by atoms with van der Waals surface area (Å²) in [7, 11) is -2.99. The van der Waals surface area contributed by atoms with Gasteiger partial charge in [-0.05, 0) is 12.3 Å². The molecule has 1 atom stereocenters. The molecule has 0 aliphatic carbocycles. The third-order valence-electron chi connectivity index (χ3n) is 1.74. The topological polar surface area (TPSA) is 46.2 Å². The summed E-state index contributed by atoms with van der Waals surface area (Å²) in [5.41, 5.74) is 0. The third kappa shape index (κ3) is 8.01. The molecular formula is C8H21NO2S. The summed E-state index contributed by atoms with van der Waals surface area (Å²) >= 11 is 0. The van der Waals surface area contributed by atoms with Crippen molar-refractivity contribution in [2.24, 2.45) is 5.92 Å². The molecule has 0 aromatic carbocycles. The molecule has 12 heavy (non-hydrogen) atoms. The van der Waals surface area contributed by atoms with Crippen LogP contribution in [0.15, 0.2) is 0 Å². The Kier molecular flexibility index (Phi) is 5.50. The predicted octanol–water partition coefficient (Wildman–Crippen LogP) is 1.61. The fourth-order valence-electron chi connectivity index (χ4n) is 0.948. The van der Waals surface area contributed by atoms with Gasteiger partial charge in [-0.1, -0.05) is 26.7 Å². The van der Waals surface area contributed by atoms with Crippen molar-refractivity contribution < 1.29 is 9.84 Å². The van der Waals surface area contributed by atoms with Gasteiger partial charge in [-0.15, -0.1) is 0 Å². The highest BCUT2D eigenvalue weighted by molar-refractivity contribution is 7.88. The van der Waals surface area contributed by atoms with Crippen LogP contribution in [-0.2, 0) is 10.0 Å². The Hall–Kier alpha value is -0.0900. The fourth-order valence-corrected chi connectivity index (χ4v) is 1.54. The van der Waals surface area contributed by atoms with E-state index < -0.39 is 10.0 Å². The Labute approximate surface area is 77.1 Å². The maximum absolute atomic E-state index is 10.7. The lowest BCUT2D eigenvalue weighted by molar-refractivity contribution is 0.492. The molecule has 0 aliphatic rings. The van der Waals surface area contributed by atoms with Crippen molar-refractivity contribution in [2.75, 3.05) is 12.8 Å². The van der Waals surface area contributed by atoms with Gasteiger partial charge in [-0.25, -0.2) is 13.1 Å². The SMILES string of the molecule is CCCC[C@@H](C)CNS(C)(=O)=O.[HH]. The number of nitrogens with one attached hydrogen (secondary N) is 1. The van der Waals surface area contributed by atoms with Crippen molar-refractivity contribution >= 4 is 10.0 Å². The predicted molar refractivity (Wildman–Crippen MR) is 53.6 cm³/mol. The summed E-state index contributed by atoms with van der Waals surface area (Å²) in [5.74, 6) is 0.444. The van der Waals surface area contributed by atoms with Gasteiger partial charge in [0.1, 0.15) is 0 Å².